The van der Waals surface area contributed by atoms with Crippen molar-refractivity contribution >= 4 is 23.6 Å². The van der Waals surface area contributed by atoms with Gasteiger partial charge in [-0.3, -0.25) is 9.59 Å². The number of aliphatic hydroxyl groups excluding tert-OH is 1. The van der Waals surface area contributed by atoms with Crippen LogP contribution in [0.3, 0.4) is 0 Å². The van der Waals surface area contributed by atoms with Crippen LogP contribution >= 0.6 is 11.8 Å². The molecule has 1 fully saturated rings. The second kappa shape index (κ2) is 9.58. The van der Waals surface area contributed by atoms with Crippen LogP contribution in [-0.2, 0) is 11.2 Å². The molecule has 27 heavy (non-hydrogen) atoms. The van der Waals surface area contributed by atoms with Crippen LogP contribution in [0.25, 0.3) is 0 Å². The fraction of sp³-hybridized carbons (Fsp3) is 0.333. The van der Waals surface area contributed by atoms with Crippen LogP contribution in [0.1, 0.15) is 15.9 Å². The molecule has 142 valence electrons. The van der Waals surface area contributed by atoms with Crippen molar-refractivity contribution in [2.75, 3.05) is 38.5 Å². The van der Waals surface area contributed by atoms with Crippen molar-refractivity contribution in [3.63, 3.8) is 0 Å². The van der Waals surface area contributed by atoms with Gasteiger partial charge >= 0.3 is 0 Å². The smallest absolute Gasteiger partial charge is 0.254 e. The number of rotatable bonds is 7. The molecule has 0 atom stereocenters. The Balaban J connectivity index is 1.52. The molecular weight excluding hydrogens is 360 g/mol. The number of aliphatic hydroxyl groups is 1. The third-order valence-electron chi connectivity index (χ3n) is 4.58. The van der Waals surface area contributed by atoms with Crippen molar-refractivity contribution in [2.24, 2.45) is 0 Å². The number of benzene rings is 2. The van der Waals surface area contributed by atoms with E-state index in [0.29, 0.717) is 31.0 Å². The summed E-state index contributed by atoms with van der Waals surface area (Å²) in [6.07, 6.45) is 0.827. The molecule has 2 amide bonds. The highest BCUT2D eigenvalue weighted by molar-refractivity contribution is 7.99. The lowest BCUT2D eigenvalue weighted by Crippen LogP contribution is -2.52. The van der Waals surface area contributed by atoms with E-state index >= 15 is 0 Å². The summed E-state index contributed by atoms with van der Waals surface area (Å²) in [4.78, 5) is 29.6. The maximum absolute atomic E-state index is 12.7. The summed E-state index contributed by atoms with van der Waals surface area (Å²) in [6.45, 7) is 2.07. The van der Waals surface area contributed by atoms with E-state index in [2.05, 4.69) is 12.1 Å². The standard InChI is InChI=1S/C21H24N2O3S/c24-14-15-27-19-8-6-18(7-9-19)21(26)23-13-12-22(20(25)16-23)11-10-17-4-2-1-3-5-17/h1-9,24H,10-16H2. The number of piperazine rings is 1. The summed E-state index contributed by atoms with van der Waals surface area (Å²) in [6, 6.07) is 17.4. The lowest BCUT2D eigenvalue weighted by molar-refractivity contribution is -0.134. The van der Waals surface area contributed by atoms with Crippen LogP contribution < -0.4 is 0 Å². The molecule has 2 aromatic carbocycles. The van der Waals surface area contributed by atoms with Crippen molar-refractivity contribution in [1.82, 2.24) is 9.80 Å². The lowest BCUT2D eigenvalue weighted by atomic mass is 10.1. The highest BCUT2D eigenvalue weighted by atomic mass is 32.2. The largest absolute Gasteiger partial charge is 0.396 e. The van der Waals surface area contributed by atoms with Gasteiger partial charge in [0.25, 0.3) is 5.91 Å². The van der Waals surface area contributed by atoms with Crippen molar-refractivity contribution < 1.29 is 14.7 Å². The molecule has 0 spiro atoms. The number of carbonyl (C=O) groups excluding carboxylic acids is 2. The molecule has 0 saturated carbocycles. The Morgan fingerprint density at radius 2 is 1.78 bits per heavy atom. The predicted octanol–water partition coefficient (Wildman–Crippen LogP) is 2.30. The van der Waals surface area contributed by atoms with Crippen molar-refractivity contribution in [3.05, 3.63) is 65.7 Å². The molecule has 6 heteroatoms. The van der Waals surface area contributed by atoms with Crippen molar-refractivity contribution in [3.8, 4) is 0 Å². The van der Waals surface area contributed by atoms with Gasteiger partial charge in [-0.25, -0.2) is 0 Å². The van der Waals surface area contributed by atoms with Crippen LogP contribution in [0.2, 0.25) is 0 Å². The Kier molecular flexibility index (Phi) is 6.90. The first-order valence-corrected chi connectivity index (χ1v) is 10.1. The first kappa shape index (κ1) is 19.5. The van der Waals surface area contributed by atoms with E-state index < -0.39 is 0 Å². The maximum Gasteiger partial charge on any atom is 0.254 e. The van der Waals surface area contributed by atoms with Crippen LogP contribution in [0.15, 0.2) is 59.5 Å². The Labute approximate surface area is 164 Å². The third kappa shape index (κ3) is 5.34. The molecule has 2 aromatic rings. The van der Waals surface area contributed by atoms with Crippen molar-refractivity contribution in [2.45, 2.75) is 11.3 Å². The molecule has 1 N–H and O–H groups in total. The molecule has 1 heterocycles. The summed E-state index contributed by atoms with van der Waals surface area (Å²) >= 11 is 1.55. The third-order valence-corrected chi connectivity index (χ3v) is 5.57. The van der Waals surface area contributed by atoms with Gasteiger partial charge < -0.3 is 14.9 Å². The van der Waals surface area contributed by atoms with Crippen LogP contribution in [0.4, 0.5) is 0 Å². The predicted molar refractivity (Wildman–Crippen MR) is 107 cm³/mol. The Hall–Kier alpha value is -2.31. The normalized spacial score (nSPS) is 14.5. The van der Waals surface area contributed by atoms with E-state index in [1.54, 1.807) is 28.8 Å². The number of hydrogen-bond donors (Lipinski definition) is 1. The van der Waals surface area contributed by atoms with Gasteiger partial charge in [-0.15, -0.1) is 11.8 Å². The van der Waals surface area contributed by atoms with Gasteiger partial charge in [-0.2, -0.15) is 0 Å². The fourth-order valence-corrected chi connectivity index (χ4v) is 3.72. The molecule has 0 radical (unpaired) electrons. The van der Waals surface area contributed by atoms with Crippen LogP contribution in [-0.4, -0.2) is 65.3 Å². The summed E-state index contributed by atoms with van der Waals surface area (Å²) in [5, 5.41) is 8.87. The van der Waals surface area contributed by atoms with Crippen LogP contribution in [0.5, 0.6) is 0 Å². The summed E-state index contributed by atoms with van der Waals surface area (Å²) < 4.78 is 0. The number of amides is 2. The zero-order valence-electron chi connectivity index (χ0n) is 15.2. The van der Waals surface area contributed by atoms with Crippen LogP contribution in [0, 0.1) is 0 Å². The van der Waals surface area contributed by atoms with E-state index in [1.807, 2.05) is 35.2 Å². The number of nitrogens with zero attached hydrogens (tertiary/aromatic N) is 2. The second-order valence-corrected chi connectivity index (χ2v) is 7.61. The molecule has 1 aliphatic rings. The van der Waals surface area contributed by atoms with Gasteiger partial charge in [0.2, 0.25) is 5.91 Å². The number of thioether (sulfide) groups is 1. The quantitative estimate of drug-likeness (QED) is 0.744. The molecule has 0 bridgehead atoms. The lowest BCUT2D eigenvalue weighted by Gasteiger charge is -2.34. The molecule has 0 aromatic heterocycles. The Bertz CT molecular complexity index is 765. The van der Waals surface area contributed by atoms with E-state index in [-0.39, 0.29) is 25.0 Å². The minimum atomic E-state index is -0.107. The van der Waals surface area contributed by atoms with Gasteiger partial charge in [-0.1, -0.05) is 30.3 Å². The van der Waals surface area contributed by atoms with Crippen molar-refractivity contribution in [1.29, 1.82) is 0 Å². The minimum Gasteiger partial charge on any atom is -0.396 e. The molecular formula is C21H24N2O3S. The highest BCUT2D eigenvalue weighted by Gasteiger charge is 2.27. The monoisotopic (exact) mass is 384 g/mol. The van der Waals surface area contributed by atoms with Gasteiger partial charge in [0, 0.05) is 35.8 Å². The zero-order chi connectivity index (χ0) is 19.1. The average Bonchev–Trinajstić information content (AvgIpc) is 2.72. The zero-order valence-corrected chi connectivity index (χ0v) is 16.0. The highest BCUT2D eigenvalue weighted by Crippen LogP contribution is 2.19. The van der Waals surface area contributed by atoms with Gasteiger partial charge in [0.1, 0.15) is 6.54 Å². The molecule has 1 saturated heterocycles. The number of hydrogen-bond acceptors (Lipinski definition) is 4. The van der Waals surface area contributed by atoms with E-state index in [9.17, 15) is 9.59 Å². The molecule has 5 nitrogen and oxygen atoms in total. The summed E-state index contributed by atoms with van der Waals surface area (Å²) in [5.41, 5.74) is 1.80. The molecule has 3 rings (SSSR count). The molecule has 0 aliphatic carbocycles. The van der Waals surface area contributed by atoms with Gasteiger partial charge in [-0.05, 0) is 36.2 Å². The molecule has 0 unspecified atom stereocenters. The first-order chi connectivity index (χ1) is 13.2. The number of carbonyl (C=O) groups is 2. The minimum absolute atomic E-state index is 0.000604. The fourth-order valence-electron chi connectivity index (χ4n) is 3.07. The summed E-state index contributed by atoms with van der Waals surface area (Å²) in [5.74, 6) is 0.526. The topological polar surface area (TPSA) is 60.9 Å². The Morgan fingerprint density at radius 1 is 1.04 bits per heavy atom. The van der Waals surface area contributed by atoms with E-state index in [1.165, 1.54) is 5.56 Å². The van der Waals surface area contributed by atoms with E-state index in [0.717, 1.165) is 11.3 Å². The summed E-state index contributed by atoms with van der Waals surface area (Å²) in [7, 11) is 0. The average molecular weight is 385 g/mol. The Morgan fingerprint density at radius 3 is 2.44 bits per heavy atom. The van der Waals surface area contributed by atoms with E-state index in [4.69, 9.17) is 5.11 Å². The molecule has 1 aliphatic heterocycles. The van der Waals surface area contributed by atoms with Gasteiger partial charge in [0.05, 0.1) is 6.61 Å². The second-order valence-electron chi connectivity index (χ2n) is 6.44. The first-order valence-electron chi connectivity index (χ1n) is 9.12. The van der Waals surface area contributed by atoms with Gasteiger partial charge in [0.15, 0.2) is 0 Å². The SMILES string of the molecule is O=C1CN(C(=O)c2ccc(SCCO)cc2)CCN1CCc1ccccc1. The maximum atomic E-state index is 12.7.